The van der Waals surface area contributed by atoms with Gasteiger partial charge in [-0.3, -0.25) is 4.79 Å². The first-order valence-corrected chi connectivity index (χ1v) is 15.0. The second-order valence-electron chi connectivity index (χ2n) is 10.1. The van der Waals surface area contributed by atoms with Gasteiger partial charge in [0, 0.05) is 53.2 Å². The molecule has 1 aliphatic rings. The van der Waals surface area contributed by atoms with E-state index in [9.17, 15) is 4.79 Å². The summed E-state index contributed by atoms with van der Waals surface area (Å²) in [5, 5.41) is 4.44. The summed E-state index contributed by atoms with van der Waals surface area (Å²) in [4.78, 5) is 25.7. The third kappa shape index (κ3) is 5.89. The lowest BCUT2D eigenvalue weighted by Crippen LogP contribution is -2.41. The first kappa shape index (κ1) is 27.4. The van der Waals surface area contributed by atoms with Crippen LogP contribution in [0, 0.1) is 5.92 Å². The smallest absolute Gasteiger partial charge is 0.266 e. The normalized spacial score (nSPS) is 17.2. The minimum absolute atomic E-state index is 0.00398. The van der Waals surface area contributed by atoms with Crippen molar-refractivity contribution in [1.29, 1.82) is 0 Å². The lowest BCUT2D eigenvalue weighted by molar-refractivity contribution is 0.0590. The van der Waals surface area contributed by atoms with E-state index in [4.69, 9.17) is 16.3 Å². The van der Waals surface area contributed by atoms with Crippen LogP contribution in [0.15, 0.2) is 54.9 Å². The SMILES string of the molecule is CCOc1ccc(-c2cnc(NC)nc2)cc1CN(C(=O)c1sc2ccccc2c1Cl)C1CCC(CC)CC1. The molecule has 1 fully saturated rings. The number of benzene rings is 2. The number of nitrogens with one attached hydrogen (secondary N) is 1. The molecule has 204 valence electrons. The highest BCUT2D eigenvalue weighted by Gasteiger charge is 2.32. The molecule has 0 aliphatic heterocycles. The summed E-state index contributed by atoms with van der Waals surface area (Å²) < 4.78 is 7.07. The van der Waals surface area contributed by atoms with Crippen molar-refractivity contribution in [2.24, 2.45) is 5.92 Å². The molecule has 0 bridgehead atoms. The molecule has 0 spiro atoms. The molecule has 0 atom stereocenters. The van der Waals surface area contributed by atoms with Crippen LogP contribution in [0.4, 0.5) is 5.95 Å². The van der Waals surface area contributed by atoms with Crippen molar-refractivity contribution in [3.63, 3.8) is 0 Å². The van der Waals surface area contributed by atoms with E-state index in [0.717, 1.165) is 64.1 Å². The highest BCUT2D eigenvalue weighted by Crippen LogP contribution is 2.39. The number of amides is 1. The molecule has 5 rings (SSSR count). The maximum atomic E-state index is 14.3. The zero-order valence-corrected chi connectivity index (χ0v) is 24.3. The number of halogens is 1. The number of nitrogens with zero attached hydrogens (tertiary/aromatic N) is 3. The van der Waals surface area contributed by atoms with Gasteiger partial charge in [-0.2, -0.15) is 0 Å². The molecule has 4 aromatic rings. The lowest BCUT2D eigenvalue weighted by Gasteiger charge is -2.37. The average Bonchev–Trinajstić information content (AvgIpc) is 3.33. The van der Waals surface area contributed by atoms with E-state index in [2.05, 4.69) is 28.3 Å². The fraction of sp³-hybridized carbons (Fsp3) is 0.387. The number of hydrogen-bond donors (Lipinski definition) is 1. The van der Waals surface area contributed by atoms with Crippen LogP contribution in [0.2, 0.25) is 5.02 Å². The van der Waals surface area contributed by atoms with Gasteiger partial charge in [-0.1, -0.05) is 49.2 Å². The summed E-state index contributed by atoms with van der Waals surface area (Å²) >= 11 is 8.29. The van der Waals surface area contributed by atoms with Gasteiger partial charge < -0.3 is 15.0 Å². The quantitative estimate of drug-likeness (QED) is 0.223. The molecule has 0 radical (unpaired) electrons. The molecule has 8 heteroatoms. The molecule has 1 aliphatic carbocycles. The third-order valence-corrected chi connectivity index (χ3v) is 9.40. The first-order chi connectivity index (χ1) is 19.0. The summed E-state index contributed by atoms with van der Waals surface area (Å²) in [6.07, 6.45) is 9.07. The number of carbonyl (C=O) groups excluding carboxylic acids is 1. The number of hydrogen-bond acceptors (Lipinski definition) is 6. The molecule has 39 heavy (non-hydrogen) atoms. The molecular formula is C31H35ClN4O2S. The number of fused-ring (bicyclic) bond motifs is 1. The number of ether oxygens (including phenoxy) is 1. The number of thiophene rings is 1. The number of rotatable bonds is 9. The second-order valence-corrected chi connectivity index (χ2v) is 11.5. The molecule has 2 aromatic heterocycles. The molecule has 2 aromatic carbocycles. The average molecular weight is 563 g/mol. The topological polar surface area (TPSA) is 67.3 Å². The summed E-state index contributed by atoms with van der Waals surface area (Å²) in [6, 6.07) is 14.2. The monoisotopic (exact) mass is 562 g/mol. The molecule has 6 nitrogen and oxygen atoms in total. The van der Waals surface area contributed by atoms with E-state index in [-0.39, 0.29) is 11.9 Å². The van der Waals surface area contributed by atoms with Crippen LogP contribution in [-0.4, -0.2) is 40.5 Å². The van der Waals surface area contributed by atoms with Gasteiger partial charge in [0.15, 0.2) is 0 Å². The molecule has 0 saturated heterocycles. The van der Waals surface area contributed by atoms with Crippen LogP contribution in [0.5, 0.6) is 5.75 Å². The fourth-order valence-electron chi connectivity index (χ4n) is 5.48. The van der Waals surface area contributed by atoms with Gasteiger partial charge in [0.2, 0.25) is 5.95 Å². The van der Waals surface area contributed by atoms with Crippen molar-refractivity contribution in [3.8, 4) is 16.9 Å². The van der Waals surface area contributed by atoms with Crippen molar-refractivity contribution in [1.82, 2.24) is 14.9 Å². The number of aromatic nitrogens is 2. The fourth-order valence-corrected chi connectivity index (χ4v) is 6.95. The molecular weight excluding hydrogens is 528 g/mol. The van der Waals surface area contributed by atoms with E-state index < -0.39 is 0 Å². The van der Waals surface area contributed by atoms with Gasteiger partial charge in [-0.05, 0) is 62.3 Å². The van der Waals surface area contributed by atoms with Crippen LogP contribution in [0.25, 0.3) is 21.2 Å². The van der Waals surface area contributed by atoms with Gasteiger partial charge in [-0.15, -0.1) is 11.3 Å². The Morgan fingerprint density at radius 2 is 1.82 bits per heavy atom. The van der Waals surface area contributed by atoms with Crippen molar-refractivity contribution < 1.29 is 9.53 Å². The minimum Gasteiger partial charge on any atom is -0.494 e. The summed E-state index contributed by atoms with van der Waals surface area (Å²) in [6.45, 7) is 5.24. The van der Waals surface area contributed by atoms with Gasteiger partial charge in [0.1, 0.15) is 10.6 Å². The van der Waals surface area contributed by atoms with E-state index in [0.29, 0.717) is 29.0 Å². The first-order valence-electron chi connectivity index (χ1n) is 13.8. The minimum atomic E-state index is -0.00398. The number of carbonyl (C=O) groups is 1. The van der Waals surface area contributed by atoms with E-state index in [1.165, 1.54) is 17.8 Å². The third-order valence-electron chi connectivity index (χ3n) is 7.73. The van der Waals surface area contributed by atoms with E-state index >= 15 is 0 Å². The van der Waals surface area contributed by atoms with Crippen LogP contribution in [0.3, 0.4) is 0 Å². The van der Waals surface area contributed by atoms with E-state index in [1.54, 1.807) is 7.05 Å². The summed E-state index contributed by atoms with van der Waals surface area (Å²) in [7, 11) is 1.80. The molecule has 1 N–H and O–H groups in total. The van der Waals surface area contributed by atoms with Gasteiger partial charge >= 0.3 is 0 Å². The van der Waals surface area contributed by atoms with E-state index in [1.807, 2.05) is 60.6 Å². The van der Waals surface area contributed by atoms with Crippen molar-refractivity contribution in [2.45, 2.75) is 58.5 Å². The zero-order valence-electron chi connectivity index (χ0n) is 22.7. The predicted octanol–water partition coefficient (Wildman–Crippen LogP) is 8.06. The molecule has 1 amide bonds. The molecule has 0 unspecified atom stereocenters. The standard InChI is InChI=1S/C31H35ClN4O2S/c1-4-20-10-13-24(14-11-20)36(30(37)29-28(32)25-8-6-7-9-27(25)39-29)19-22-16-21(12-15-26(22)38-5-2)23-17-34-31(33-3)35-18-23/h6-9,12,15-18,20,24H,4-5,10-11,13-14,19H2,1-3H3,(H,33,34,35). The van der Waals surface area contributed by atoms with Gasteiger partial charge in [0.05, 0.1) is 11.6 Å². The largest absolute Gasteiger partial charge is 0.494 e. The Kier molecular flexibility index (Phi) is 8.68. The second kappa shape index (κ2) is 12.3. The Morgan fingerprint density at radius 3 is 2.49 bits per heavy atom. The maximum Gasteiger partial charge on any atom is 0.266 e. The van der Waals surface area contributed by atoms with Crippen molar-refractivity contribution in [3.05, 3.63) is 70.3 Å². The van der Waals surface area contributed by atoms with Gasteiger partial charge in [-0.25, -0.2) is 9.97 Å². The zero-order chi connectivity index (χ0) is 27.4. The van der Waals surface area contributed by atoms with Crippen LogP contribution in [0.1, 0.15) is 61.2 Å². The number of anilines is 1. The van der Waals surface area contributed by atoms with Crippen molar-refractivity contribution >= 4 is 44.9 Å². The van der Waals surface area contributed by atoms with Crippen molar-refractivity contribution in [2.75, 3.05) is 19.0 Å². The summed E-state index contributed by atoms with van der Waals surface area (Å²) in [5.41, 5.74) is 2.86. The highest BCUT2D eigenvalue weighted by molar-refractivity contribution is 7.21. The highest BCUT2D eigenvalue weighted by atomic mass is 35.5. The maximum absolute atomic E-state index is 14.3. The van der Waals surface area contributed by atoms with Crippen LogP contribution >= 0.6 is 22.9 Å². The van der Waals surface area contributed by atoms with Gasteiger partial charge in [0.25, 0.3) is 5.91 Å². The molecule has 2 heterocycles. The van der Waals surface area contributed by atoms with Crippen LogP contribution < -0.4 is 10.1 Å². The molecule has 1 saturated carbocycles. The Labute approximate surface area is 239 Å². The Bertz CT molecular complexity index is 1430. The lowest BCUT2D eigenvalue weighted by atomic mass is 9.83. The van der Waals surface area contributed by atoms with Crippen LogP contribution in [-0.2, 0) is 6.54 Å². The summed E-state index contributed by atoms with van der Waals surface area (Å²) in [5.74, 6) is 2.09. The Morgan fingerprint density at radius 1 is 1.08 bits per heavy atom. The Balaban J connectivity index is 1.53. The Hall–Kier alpha value is -3.16. The predicted molar refractivity (Wildman–Crippen MR) is 161 cm³/mol.